The first-order valence-electron chi connectivity index (χ1n) is 12.2. The molecule has 5 nitrogen and oxygen atoms in total. The van der Waals surface area contributed by atoms with Gasteiger partial charge >= 0.3 is 11.9 Å². The number of methoxy groups -OCH3 is 2. The first kappa shape index (κ1) is 27.1. The van der Waals surface area contributed by atoms with E-state index in [9.17, 15) is 14.4 Å². The van der Waals surface area contributed by atoms with Gasteiger partial charge in [-0.05, 0) is 33.8 Å². The third-order valence-electron chi connectivity index (χ3n) is 7.62. The van der Waals surface area contributed by atoms with Gasteiger partial charge in [-0.25, -0.2) is 0 Å². The Morgan fingerprint density at radius 1 is 0.750 bits per heavy atom. The van der Waals surface area contributed by atoms with Crippen LogP contribution in [-0.2, 0) is 23.9 Å². The molecule has 2 aliphatic carbocycles. The second-order valence-electron chi connectivity index (χ2n) is 10.6. The molecule has 2 aromatic rings. The third kappa shape index (κ3) is 5.84. The van der Waals surface area contributed by atoms with Gasteiger partial charge in [0.1, 0.15) is 6.29 Å². The lowest BCUT2D eigenvalue weighted by Gasteiger charge is -2.01. The highest BCUT2D eigenvalue weighted by Gasteiger charge is 2.62. The van der Waals surface area contributed by atoms with E-state index >= 15 is 0 Å². The molecule has 0 aromatic heterocycles. The fourth-order valence-electron chi connectivity index (χ4n) is 4.99. The molecule has 0 heterocycles. The molecule has 4 atom stereocenters. The number of esters is 2. The number of ether oxygens (including phenoxy) is 2. The summed E-state index contributed by atoms with van der Waals surface area (Å²) in [4.78, 5) is 34.5. The maximum Gasteiger partial charge on any atom is 0.309 e. The highest BCUT2D eigenvalue weighted by atomic mass is 16.5. The van der Waals surface area contributed by atoms with Gasteiger partial charge in [-0.2, -0.15) is 0 Å². The zero-order valence-corrected chi connectivity index (χ0v) is 21.9. The van der Waals surface area contributed by atoms with E-state index in [4.69, 9.17) is 9.47 Å². The standard InChI is InChI=1S/C16H18O3.C15H18O2/c1-16(2)13(14(16)15(18)19-3)9-12(10-17)11-7-5-4-6-8-11;1-15(2)12(13(15)14(16)17-3)10-9-11-7-5-4-6-8-11/h4-10,13-14H,1-3H3;4-10,12-13H,1-3H3/b12-9-;10-9-. The Morgan fingerprint density at radius 2 is 1.22 bits per heavy atom. The molecule has 5 heteroatoms. The highest BCUT2D eigenvalue weighted by Crippen LogP contribution is 2.60. The van der Waals surface area contributed by atoms with Gasteiger partial charge in [0, 0.05) is 5.57 Å². The Labute approximate surface area is 214 Å². The van der Waals surface area contributed by atoms with E-state index in [1.165, 1.54) is 19.8 Å². The van der Waals surface area contributed by atoms with Crippen molar-refractivity contribution >= 4 is 29.9 Å². The van der Waals surface area contributed by atoms with Crippen LogP contribution in [0.3, 0.4) is 0 Å². The monoisotopic (exact) mass is 488 g/mol. The molecule has 0 spiro atoms. The number of benzene rings is 2. The molecule has 36 heavy (non-hydrogen) atoms. The molecule has 2 saturated carbocycles. The van der Waals surface area contributed by atoms with E-state index in [0.717, 1.165) is 11.8 Å². The number of hydrogen-bond acceptors (Lipinski definition) is 5. The molecule has 0 saturated heterocycles. The van der Waals surface area contributed by atoms with Crippen LogP contribution >= 0.6 is 0 Å². The predicted octanol–water partition coefficient (Wildman–Crippen LogP) is 5.86. The summed E-state index contributed by atoms with van der Waals surface area (Å²) in [6.07, 6.45) is 6.94. The van der Waals surface area contributed by atoms with Crippen LogP contribution in [0.5, 0.6) is 0 Å². The van der Waals surface area contributed by atoms with Crippen molar-refractivity contribution in [1.29, 1.82) is 0 Å². The van der Waals surface area contributed by atoms with Crippen molar-refractivity contribution < 1.29 is 23.9 Å². The van der Waals surface area contributed by atoms with Crippen LogP contribution in [0.25, 0.3) is 11.6 Å². The minimum absolute atomic E-state index is 0.00691. The summed E-state index contributed by atoms with van der Waals surface area (Å²) < 4.78 is 9.62. The Kier molecular flexibility index (Phi) is 8.34. The molecule has 2 aliphatic rings. The molecule has 2 fully saturated rings. The Hall–Kier alpha value is -3.47. The van der Waals surface area contributed by atoms with Crippen molar-refractivity contribution in [3.8, 4) is 0 Å². The maximum atomic E-state index is 11.7. The predicted molar refractivity (Wildman–Crippen MR) is 142 cm³/mol. The lowest BCUT2D eigenvalue weighted by Crippen LogP contribution is -2.07. The van der Waals surface area contributed by atoms with E-state index in [-0.39, 0.29) is 46.4 Å². The van der Waals surface area contributed by atoms with Gasteiger partial charge in [0.05, 0.1) is 26.1 Å². The second kappa shape index (κ2) is 11.1. The van der Waals surface area contributed by atoms with Crippen molar-refractivity contribution in [3.05, 3.63) is 83.9 Å². The average molecular weight is 489 g/mol. The summed E-state index contributed by atoms with van der Waals surface area (Å²) in [6, 6.07) is 19.6. The Bertz CT molecular complexity index is 1130. The number of rotatable bonds is 7. The zero-order chi connectivity index (χ0) is 26.5. The minimum Gasteiger partial charge on any atom is -0.469 e. The molecule has 4 rings (SSSR count). The van der Waals surface area contributed by atoms with Gasteiger partial charge in [0.2, 0.25) is 0 Å². The van der Waals surface area contributed by atoms with Gasteiger partial charge in [0.15, 0.2) is 0 Å². The van der Waals surface area contributed by atoms with Crippen LogP contribution in [0.15, 0.2) is 72.8 Å². The third-order valence-corrected chi connectivity index (χ3v) is 7.62. The van der Waals surface area contributed by atoms with E-state index in [2.05, 4.69) is 38.1 Å². The van der Waals surface area contributed by atoms with E-state index in [1.54, 1.807) is 0 Å². The maximum absolute atomic E-state index is 11.7. The fraction of sp³-hybridized carbons (Fsp3) is 0.387. The quantitative estimate of drug-likeness (QED) is 0.277. The van der Waals surface area contributed by atoms with Gasteiger partial charge in [-0.15, -0.1) is 0 Å². The number of carbonyl (C=O) groups excluding carboxylic acids is 3. The summed E-state index contributed by atoms with van der Waals surface area (Å²) in [7, 11) is 2.85. The SMILES string of the molecule is COC(=O)C1C(/C=C(/C=O)c2ccccc2)C1(C)C.COC(=O)C1C(/C=C\c2ccccc2)C1(C)C. The van der Waals surface area contributed by atoms with Crippen LogP contribution in [-0.4, -0.2) is 32.4 Å². The van der Waals surface area contributed by atoms with E-state index in [0.29, 0.717) is 5.57 Å². The smallest absolute Gasteiger partial charge is 0.309 e. The molecule has 4 unspecified atom stereocenters. The van der Waals surface area contributed by atoms with E-state index < -0.39 is 0 Å². The van der Waals surface area contributed by atoms with Crippen molar-refractivity contribution in [3.63, 3.8) is 0 Å². The molecule has 0 amide bonds. The minimum atomic E-state index is -0.204. The molecule has 190 valence electrons. The number of aldehydes is 1. The molecule has 2 aromatic carbocycles. The summed E-state index contributed by atoms with van der Waals surface area (Å²) >= 11 is 0. The number of hydrogen-bond donors (Lipinski definition) is 0. The van der Waals surface area contributed by atoms with Gasteiger partial charge < -0.3 is 9.47 Å². The lowest BCUT2D eigenvalue weighted by atomic mass is 10.0. The van der Waals surface area contributed by atoms with Gasteiger partial charge in [-0.3, -0.25) is 14.4 Å². The molecular weight excluding hydrogens is 452 g/mol. The Morgan fingerprint density at radius 3 is 1.72 bits per heavy atom. The lowest BCUT2D eigenvalue weighted by molar-refractivity contribution is -0.144. The van der Waals surface area contributed by atoms with Crippen LogP contribution in [0.4, 0.5) is 0 Å². The molecule has 0 aliphatic heterocycles. The van der Waals surface area contributed by atoms with E-state index in [1.807, 2.05) is 68.5 Å². The summed E-state index contributed by atoms with van der Waals surface area (Å²) in [5.74, 6) is -0.110. The normalized spacial score (nSPS) is 25.2. The summed E-state index contributed by atoms with van der Waals surface area (Å²) in [6.45, 7) is 8.25. The second-order valence-corrected chi connectivity index (χ2v) is 10.6. The molecule has 0 radical (unpaired) electrons. The topological polar surface area (TPSA) is 69.7 Å². The largest absolute Gasteiger partial charge is 0.469 e. The van der Waals surface area contributed by atoms with Crippen molar-refractivity contribution in [1.82, 2.24) is 0 Å². The van der Waals surface area contributed by atoms with Crippen molar-refractivity contribution in [2.45, 2.75) is 27.7 Å². The number of allylic oxidation sites excluding steroid dienone is 3. The van der Waals surface area contributed by atoms with Crippen molar-refractivity contribution in [2.75, 3.05) is 14.2 Å². The highest BCUT2D eigenvalue weighted by molar-refractivity contribution is 6.07. The van der Waals surface area contributed by atoms with Crippen LogP contribution in [0, 0.1) is 34.5 Å². The van der Waals surface area contributed by atoms with Crippen molar-refractivity contribution in [2.24, 2.45) is 34.5 Å². The number of carbonyl (C=O) groups is 3. The fourth-order valence-corrected chi connectivity index (χ4v) is 4.99. The average Bonchev–Trinajstić information content (AvgIpc) is 3.66. The summed E-state index contributed by atoms with van der Waals surface area (Å²) in [5, 5.41) is 0. The zero-order valence-electron chi connectivity index (χ0n) is 21.9. The summed E-state index contributed by atoms with van der Waals surface area (Å²) in [5.41, 5.74) is 2.56. The van der Waals surface area contributed by atoms with Crippen LogP contribution < -0.4 is 0 Å². The van der Waals surface area contributed by atoms with Crippen LogP contribution in [0.2, 0.25) is 0 Å². The van der Waals surface area contributed by atoms with Gasteiger partial charge in [-0.1, -0.05) is 107 Å². The van der Waals surface area contributed by atoms with Crippen LogP contribution in [0.1, 0.15) is 38.8 Å². The molecular formula is C31H36O5. The first-order valence-corrected chi connectivity index (χ1v) is 12.2. The first-order chi connectivity index (χ1) is 17.1. The van der Waals surface area contributed by atoms with Gasteiger partial charge in [0.25, 0.3) is 0 Å². The molecule has 0 N–H and O–H groups in total. The molecule has 0 bridgehead atoms. The Balaban J connectivity index is 0.000000202.